The Labute approximate surface area is 156 Å². The van der Waals surface area contributed by atoms with E-state index in [4.69, 9.17) is 0 Å². The maximum atomic E-state index is 12.7. The van der Waals surface area contributed by atoms with Gasteiger partial charge in [0.25, 0.3) is 5.91 Å². The molecule has 1 fully saturated rings. The van der Waals surface area contributed by atoms with Crippen LogP contribution in [0.1, 0.15) is 22.3 Å². The number of benzene rings is 2. The number of hydrogen-bond donors (Lipinski definition) is 0. The summed E-state index contributed by atoms with van der Waals surface area (Å²) in [7, 11) is 0. The third-order valence-corrected chi connectivity index (χ3v) is 5.13. The number of hydrogen-bond acceptors (Lipinski definition) is 2. The molecule has 0 radical (unpaired) electrons. The summed E-state index contributed by atoms with van der Waals surface area (Å²) in [6, 6.07) is 17.3. The first-order valence-electron chi connectivity index (χ1n) is 8.50. The highest BCUT2D eigenvalue weighted by Crippen LogP contribution is 2.19. The van der Waals surface area contributed by atoms with Crippen LogP contribution in [0.4, 0.5) is 0 Å². The van der Waals surface area contributed by atoms with Crippen molar-refractivity contribution in [3.8, 4) is 0 Å². The van der Waals surface area contributed by atoms with Crippen molar-refractivity contribution in [2.24, 2.45) is 0 Å². The Hall–Kier alpha value is -2.14. The second kappa shape index (κ2) is 8.30. The third-order valence-electron chi connectivity index (χ3n) is 4.44. The van der Waals surface area contributed by atoms with Gasteiger partial charge in [-0.3, -0.25) is 9.59 Å². The van der Waals surface area contributed by atoms with E-state index in [-0.39, 0.29) is 11.8 Å². The van der Waals surface area contributed by atoms with Crippen LogP contribution < -0.4 is 0 Å². The zero-order valence-corrected chi connectivity index (χ0v) is 15.6. The lowest BCUT2D eigenvalue weighted by Crippen LogP contribution is -2.38. The van der Waals surface area contributed by atoms with Gasteiger partial charge >= 0.3 is 0 Å². The highest BCUT2D eigenvalue weighted by Gasteiger charge is 2.23. The van der Waals surface area contributed by atoms with Gasteiger partial charge in [-0.05, 0) is 40.0 Å². The van der Waals surface area contributed by atoms with Gasteiger partial charge in [-0.2, -0.15) is 0 Å². The quantitative estimate of drug-likeness (QED) is 0.792. The Balaban J connectivity index is 1.61. The molecular formula is C20H21BrN2O2. The van der Waals surface area contributed by atoms with Crippen LogP contribution in [-0.2, 0) is 11.2 Å². The molecule has 0 saturated carbocycles. The minimum Gasteiger partial charge on any atom is -0.341 e. The molecule has 130 valence electrons. The summed E-state index contributed by atoms with van der Waals surface area (Å²) in [5, 5.41) is 0. The number of carbonyl (C=O) groups excluding carboxylic acids is 2. The van der Waals surface area contributed by atoms with Gasteiger partial charge in [0, 0.05) is 30.7 Å². The first-order chi connectivity index (χ1) is 12.1. The summed E-state index contributed by atoms with van der Waals surface area (Å²) in [6.45, 7) is 2.53. The van der Waals surface area contributed by atoms with Gasteiger partial charge in [-0.15, -0.1) is 0 Å². The molecular weight excluding hydrogens is 380 g/mol. The lowest BCUT2D eigenvalue weighted by Gasteiger charge is -2.22. The maximum absolute atomic E-state index is 12.7. The number of nitrogens with zero attached hydrogens (tertiary/aromatic N) is 2. The van der Waals surface area contributed by atoms with Crippen molar-refractivity contribution in [2.75, 3.05) is 26.2 Å². The zero-order valence-electron chi connectivity index (χ0n) is 14.0. The van der Waals surface area contributed by atoms with E-state index in [1.54, 1.807) is 0 Å². The van der Waals surface area contributed by atoms with Gasteiger partial charge < -0.3 is 9.80 Å². The van der Waals surface area contributed by atoms with E-state index in [2.05, 4.69) is 15.9 Å². The Bertz CT molecular complexity index is 748. The van der Waals surface area contributed by atoms with E-state index < -0.39 is 0 Å². The molecule has 1 aliphatic heterocycles. The molecule has 0 bridgehead atoms. The standard InChI is InChI=1S/C20H21BrN2O2/c21-18-10-5-4-9-17(18)20(25)23-12-6-11-22(13-14-23)19(24)15-16-7-2-1-3-8-16/h1-5,7-10H,6,11-15H2. The van der Waals surface area contributed by atoms with Gasteiger partial charge in [0.15, 0.2) is 0 Å². The Kier molecular flexibility index (Phi) is 5.87. The molecule has 1 heterocycles. The fourth-order valence-corrected chi connectivity index (χ4v) is 3.51. The highest BCUT2D eigenvalue weighted by molar-refractivity contribution is 9.10. The van der Waals surface area contributed by atoms with Crippen LogP contribution in [0.3, 0.4) is 0 Å². The van der Waals surface area contributed by atoms with Crippen molar-refractivity contribution in [1.82, 2.24) is 9.80 Å². The summed E-state index contributed by atoms with van der Waals surface area (Å²) in [5.41, 5.74) is 1.70. The zero-order chi connectivity index (χ0) is 17.6. The van der Waals surface area contributed by atoms with Gasteiger partial charge in [0.05, 0.1) is 12.0 Å². The Morgan fingerprint density at radius 3 is 2.24 bits per heavy atom. The minimum atomic E-state index is 0.0184. The van der Waals surface area contributed by atoms with Gasteiger partial charge in [-0.1, -0.05) is 42.5 Å². The maximum Gasteiger partial charge on any atom is 0.255 e. The molecule has 0 spiro atoms. The molecule has 0 aliphatic carbocycles. The molecule has 0 N–H and O–H groups in total. The molecule has 2 aromatic carbocycles. The molecule has 25 heavy (non-hydrogen) atoms. The van der Waals surface area contributed by atoms with Crippen LogP contribution in [0, 0.1) is 0 Å². The summed E-state index contributed by atoms with van der Waals surface area (Å²) in [4.78, 5) is 29.0. The summed E-state index contributed by atoms with van der Waals surface area (Å²) in [5.74, 6) is 0.145. The largest absolute Gasteiger partial charge is 0.341 e. The lowest BCUT2D eigenvalue weighted by molar-refractivity contribution is -0.130. The average Bonchev–Trinajstić information content (AvgIpc) is 2.89. The van der Waals surface area contributed by atoms with Gasteiger partial charge in [0.1, 0.15) is 0 Å². The van der Waals surface area contributed by atoms with E-state index >= 15 is 0 Å². The van der Waals surface area contributed by atoms with Crippen molar-refractivity contribution in [1.29, 1.82) is 0 Å². The predicted octanol–water partition coefficient (Wildman–Crippen LogP) is 3.37. The van der Waals surface area contributed by atoms with Crippen LogP contribution in [0.2, 0.25) is 0 Å². The molecule has 1 aliphatic rings. The van der Waals surface area contributed by atoms with Crippen LogP contribution in [0.15, 0.2) is 59.1 Å². The fraction of sp³-hybridized carbons (Fsp3) is 0.300. The SMILES string of the molecule is O=C(Cc1ccccc1)N1CCCN(C(=O)c2ccccc2Br)CC1. The van der Waals surface area contributed by atoms with Crippen LogP contribution >= 0.6 is 15.9 Å². The van der Waals surface area contributed by atoms with E-state index in [1.165, 1.54) is 0 Å². The van der Waals surface area contributed by atoms with Crippen LogP contribution in [-0.4, -0.2) is 47.8 Å². The van der Waals surface area contributed by atoms with Gasteiger partial charge in [-0.25, -0.2) is 0 Å². The third kappa shape index (κ3) is 4.48. The van der Waals surface area contributed by atoms with Crippen LogP contribution in [0.25, 0.3) is 0 Å². The van der Waals surface area contributed by atoms with E-state index in [1.807, 2.05) is 64.4 Å². The normalized spacial score (nSPS) is 14.9. The molecule has 0 aromatic heterocycles. The molecule has 5 heteroatoms. The fourth-order valence-electron chi connectivity index (χ4n) is 3.06. The monoisotopic (exact) mass is 400 g/mol. The summed E-state index contributed by atoms with van der Waals surface area (Å²) >= 11 is 3.44. The molecule has 4 nitrogen and oxygen atoms in total. The topological polar surface area (TPSA) is 40.6 Å². The minimum absolute atomic E-state index is 0.0184. The molecule has 0 atom stereocenters. The number of carbonyl (C=O) groups is 2. The smallest absolute Gasteiger partial charge is 0.255 e. The average molecular weight is 401 g/mol. The van der Waals surface area contributed by atoms with Crippen molar-refractivity contribution in [3.63, 3.8) is 0 Å². The number of amides is 2. The summed E-state index contributed by atoms with van der Waals surface area (Å²) in [6.07, 6.45) is 1.22. The van der Waals surface area contributed by atoms with Crippen molar-refractivity contribution in [3.05, 3.63) is 70.2 Å². The molecule has 3 rings (SSSR count). The first-order valence-corrected chi connectivity index (χ1v) is 9.30. The van der Waals surface area contributed by atoms with E-state index in [9.17, 15) is 9.59 Å². The van der Waals surface area contributed by atoms with Crippen molar-refractivity contribution < 1.29 is 9.59 Å². The Morgan fingerprint density at radius 2 is 1.48 bits per heavy atom. The molecule has 2 amide bonds. The lowest BCUT2D eigenvalue weighted by atomic mass is 10.1. The van der Waals surface area contributed by atoms with E-state index in [0.717, 1.165) is 16.5 Å². The van der Waals surface area contributed by atoms with Crippen molar-refractivity contribution >= 4 is 27.7 Å². The summed E-state index contributed by atoms with van der Waals surface area (Å²) < 4.78 is 0.807. The second-order valence-corrected chi connectivity index (χ2v) is 7.02. The molecule has 0 unspecified atom stereocenters. The molecule has 1 saturated heterocycles. The first kappa shape index (κ1) is 17.7. The number of halogens is 1. The van der Waals surface area contributed by atoms with E-state index in [0.29, 0.717) is 38.2 Å². The predicted molar refractivity (Wildman–Crippen MR) is 101 cm³/mol. The molecule has 2 aromatic rings. The van der Waals surface area contributed by atoms with Gasteiger partial charge in [0.2, 0.25) is 5.91 Å². The number of rotatable bonds is 3. The highest BCUT2D eigenvalue weighted by atomic mass is 79.9. The van der Waals surface area contributed by atoms with Crippen molar-refractivity contribution in [2.45, 2.75) is 12.8 Å². The van der Waals surface area contributed by atoms with Crippen LogP contribution in [0.5, 0.6) is 0 Å². The second-order valence-electron chi connectivity index (χ2n) is 6.17. The Morgan fingerprint density at radius 1 is 0.840 bits per heavy atom.